The van der Waals surface area contributed by atoms with Crippen molar-refractivity contribution in [2.75, 3.05) is 11.9 Å². The number of hydrogen-bond acceptors (Lipinski definition) is 2. The van der Waals surface area contributed by atoms with Gasteiger partial charge >= 0.3 is 0 Å². The summed E-state index contributed by atoms with van der Waals surface area (Å²) < 4.78 is 0. The van der Waals surface area contributed by atoms with Crippen molar-refractivity contribution in [3.63, 3.8) is 0 Å². The summed E-state index contributed by atoms with van der Waals surface area (Å²) in [6, 6.07) is 12.8. The number of fused-ring (bicyclic) bond motifs is 1. The first-order valence-electron chi connectivity index (χ1n) is 5.60. The van der Waals surface area contributed by atoms with Gasteiger partial charge in [0.2, 0.25) is 0 Å². The van der Waals surface area contributed by atoms with Crippen molar-refractivity contribution in [2.24, 2.45) is 0 Å². The molecule has 1 aliphatic rings. The molecule has 0 amide bonds. The lowest BCUT2D eigenvalue weighted by Gasteiger charge is -2.12. The van der Waals surface area contributed by atoms with E-state index in [-0.39, 0.29) is 0 Å². The van der Waals surface area contributed by atoms with E-state index in [2.05, 4.69) is 47.6 Å². The van der Waals surface area contributed by atoms with Gasteiger partial charge in [-0.15, -0.1) is 0 Å². The SMILES string of the molecule is Cc1ccccc1C1CNc2ncccc21. The average molecular weight is 210 g/mol. The fourth-order valence-corrected chi connectivity index (χ4v) is 2.41. The molecular formula is C14H14N2. The fourth-order valence-electron chi connectivity index (χ4n) is 2.41. The summed E-state index contributed by atoms with van der Waals surface area (Å²) in [6.07, 6.45) is 1.84. The van der Waals surface area contributed by atoms with E-state index in [9.17, 15) is 0 Å². The van der Waals surface area contributed by atoms with Gasteiger partial charge in [-0.25, -0.2) is 4.98 Å². The van der Waals surface area contributed by atoms with Crippen LogP contribution in [-0.2, 0) is 0 Å². The van der Waals surface area contributed by atoms with E-state index in [1.165, 1.54) is 16.7 Å². The predicted molar refractivity (Wildman–Crippen MR) is 65.7 cm³/mol. The molecule has 0 saturated carbocycles. The molecule has 0 bridgehead atoms. The summed E-state index contributed by atoms with van der Waals surface area (Å²) in [5, 5.41) is 3.36. The van der Waals surface area contributed by atoms with Gasteiger partial charge in [0.05, 0.1) is 0 Å². The molecule has 1 aromatic carbocycles. The van der Waals surface area contributed by atoms with Gasteiger partial charge in [-0.3, -0.25) is 0 Å². The zero-order valence-corrected chi connectivity index (χ0v) is 9.27. The monoisotopic (exact) mass is 210 g/mol. The molecule has 0 fully saturated rings. The smallest absolute Gasteiger partial charge is 0.129 e. The third kappa shape index (κ3) is 1.38. The zero-order valence-electron chi connectivity index (χ0n) is 9.27. The van der Waals surface area contributed by atoms with Crippen LogP contribution in [0.25, 0.3) is 0 Å². The Morgan fingerprint density at radius 2 is 1.94 bits per heavy atom. The van der Waals surface area contributed by atoms with Crippen LogP contribution in [0.1, 0.15) is 22.6 Å². The van der Waals surface area contributed by atoms with Crippen LogP contribution in [0.2, 0.25) is 0 Å². The molecule has 2 aromatic rings. The normalized spacial score (nSPS) is 17.9. The number of nitrogens with zero attached hydrogens (tertiary/aromatic N) is 1. The van der Waals surface area contributed by atoms with Crippen molar-refractivity contribution in [1.82, 2.24) is 4.98 Å². The van der Waals surface area contributed by atoms with E-state index in [0.29, 0.717) is 5.92 Å². The molecule has 0 spiro atoms. The van der Waals surface area contributed by atoms with Crippen LogP contribution in [0.15, 0.2) is 42.6 Å². The van der Waals surface area contributed by atoms with Crippen LogP contribution in [0, 0.1) is 6.92 Å². The molecule has 0 radical (unpaired) electrons. The molecular weight excluding hydrogens is 196 g/mol. The first-order valence-corrected chi connectivity index (χ1v) is 5.60. The molecule has 16 heavy (non-hydrogen) atoms. The number of hydrogen-bond donors (Lipinski definition) is 1. The molecule has 1 unspecified atom stereocenters. The van der Waals surface area contributed by atoms with Crippen molar-refractivity contribution in [2.45, 2.75) is 12.8 Å². The number of benzene rings is 1. The first-order chi connectivity index (χ1) is 7.86. The van der Waals surface area contributed by atoms with E-state index in [4.69, 9.17) is 0 Å². The van der Waals surface area contributed by atoms with E-state index in [1.54, 1.807) is 0 Å². The van der Waals surface area contributed by atoms with Crippen molar-refractivity contribution in [1.29, 1.82) is 0 Å². The van der Waals surface area contributed by atoms with Gasteiger partial charge in [0, 0.05) is 24.2 Å². The molecule has 2 nitrogen and oxygen atoms in total. The topological polar surface area (TPSA) is 24.9 Å². The number of nitrogens with one attached hydrogen (secondary N) is 1. The Morgan fingerprint density at radius 3 is 2.81 bits per heavy atom. The molecule has 0 saturated heterocycles. The summed E-state index contributed by atoms with van der Waals surface area (Å²) >= 11 is 0. The number of anilines is 1. The van der Waals surface area contributed by atoms with Crippen LogP contribution >= 0.6 is 0 Å². The number of pyridine rings is 1. The third-order valence-corrected chi connectivity index (χ3v) is 3.25. The molecule has 2 heterocycles. The lowest BCUT2D eigenvalue weighted by molar-refractivity contribution is 0.896. The minimum Gasteiger partial charge on any atom is -0.369 e. The maximum Gasteiger partial charge on any atom is 0.129 e. The van der Waals surface area contributed by atoms with Gasteiger partial charge in [-0.2, -0.15) is 0 Å². The summed E-state index contributed by atoms with van der Waals surface area (Å²) in [5.41, 5.74) is 4.07. The Balaban J connectivity index is 2.08. The summed E-state index contributed by atoms with van der Waals surface area (Å²) in [7, 11) is 0. The molecule has 1 N–H and O–H groups in total. The largest absolute Gasteiger partial charge is 0.369 e. The molecule has 80 valence electrons. The maximum atomic E-state index is 4.35. The molecule has 3 rings (SSSR count). The average Bonchev–Trinajstić information content (AvgIpc) is 2.74. The lowest BCUT2D eigenvalue weighted by Crippen LogP contribution is -2.05. The van der Waals surface area contributed by atoms with Crippen molar-refractivity contribution >= 4 is 5.82 Å². The number of aryl methyl sites for hydroxylation is 1. The van der Waals surface area contributed by atoms with Crippen LogP contribution in [-0.4, -0.2) is 11.5 Å². The summed E-state index contributed by atoms with van der Waals surface area (Å²) in [4.78, 5) is 4.35. The molecule has 0 aliphatic carbocycles. The fraction of sp³-hybridized carbons (Fsp3) is 0.214. The number of rotatable bonds is 1. The van der Waals surface area contributed by atoms with Gasteiger partial charge in [0.1, 0.15) is 5.82 Å². The number of aromatic nitrogens is 1. The maximum absolute atomic E-state index is 4.35. The van der Waals surface area contributed by atoms with Crippen molar-refractivity contribution < 1.29 is 0 Å². The third-order valence-electron chi connectivity index (χ3n) is 3.25. The van der Waals surface area contributed by atoms with Gasteiger partial charge in [0.15, 0.2) is 0 Å². The molecule has 2 heteroatoms. The van der Waals surface area contributed by atoms with Crippen LogP contribution in [0.4, 0.5) is 5.82 Å². The van der Waals surface area contributed by atoms with E-state index in [0.717, 1.165) is 12.4 Å². The predicted octanol–water partition coefficient (Wildman–Crippen LogP) is 2.95. The quantitative estimate of drug-likeness (QED) is 0.782. The van der Waals surface area contributed by atoms with Gasteiger partial charge in [-0.05, 0) is 24.1 Å². The van der Waals surface area contributed by atoms with Gasteiger partial charge in [-0.1, -0.05) is 30.3 Å². The second-order valence-corrected chi connectivity index (χ2v) is 4.23. The minimum atomic E-state index is 0.449. The summed E-state index contributed by atoms with van der Waals surface area (Å²) in [5.74, 6) is 1.49. The Morgan fingerprint density at radius 1 is 1.12 bits per heavy atom. The van der Waals surface area contributed by atoms with Gasteiger partial charge in [0.25, 0.3) is 0 Å². The lowest BCUT2D eigenvalue weighted by atomic mass is 9.91. The van der Waals surface area contributed by atoms with Crippen molar-refractivity contribution in [3.05, 3.63) is 59.3 Å². The van der Waals surface area contributed by atoms with Gasteiger partial charge < -0.3 is 5.32 Å². The highest BCUT2D eigenvalue weighted by Gasteiger charge is 2.24. The van der Waals surface area contributed by atoms with Crippen molar-refractivity contribution in [3.8, 4) is 0 Å². The second-order valence-electron chi connectivity index (χ2n) is 4.23. The molecule has 1 aromatic heterocycles. The van der Waals surface area contributed by atoms with Crippen LogP contribution in [0.5, 0.6) is 0 Å². The first kappa shape index (κ1) is 9.40. The highest BCUT2D eigenvalue weighted by Crippen LogP contribution is 2.35. The highest BCUT2D eigenvalue weighted by atomic mass is 15.0. The van der Waals surface area contributed by atoms with Crippen LogP contribution in [0.3, 0.4) is 0 Å². The Kier molecular flexibility index (Phi) is 2.13. The van der Waals surface area contributed by atoms with E-state index < -0.39 is 0 Å². The Hall–Kier alpha value is -1.83. The minimum absolute atomic E-state index is 0.449. The Labute approximate surface area is 95.3 Å². The van der Waals surface area contributed by atoms with E-state index >= 15 is 0 Å². The molecule has 1 aliphatic heterocycles. The summed E-state index contributed by atoms with van der Waals surface area (Å²) in [6.45, 7) is 3.13. The second kappa shape index (κ2) is 3.63. The van der Waals surface area contributed by atoms with Crippen LogP contribution < -0.4 is 5.32 Å². The highest BCUT2D eigenvalue weighted by molar-refractivity contribution is 5.56. The Bertz CT molecular complexity index is 520. The standard InChI is InChI=1S/C14H14N2/c1-10-5-2-3-6-11(10)13-9-16-14-12(13)7-4-8-15-14/h2-8,13H,9H2,1H3,(H,15,16). The molecule has 1 atom stereocenters. The van der Waals surface area contributed by atoms with E-state index in [1.807, 2.05) is 12.3 Å². The zero-order chi connectivity index (χ0) is 11.0.